The van der Waals surface area contributed by atoms with Crippen molar-refractivity contribution in [1.29, 1.82) is 0 Å². The SMILES string of the molecule is CCCC(N)B1OC2CC3CC(C3(C)C)[C@]2(C)O1. The largest absolute Gasteiger partial charge is 0.475 e. The Balaban J connectivity index is 1.76. The molecule has 1 heterocycles. The average molecular weight is 251 g/mol. The molecule has 4 unspecified atom stereocenters. The normalized spacial score (nSPS) is 46.5. The van der Waals surface area contributed by atoms with Crippen LogP contribution in [0.4, 0.5) is 0 Å². The number of rotatable bonds is 3. The fraction of sp³-hybridized carbons (Fsp3) is 1.00. The molecule has 4 aliphatic rings. The smallest absolute Gasteiger partial charge is 0.404 e. The topological polar surface area (TPSA) is 44.5 Å². The minimum Gasteiger partial charge on any atom is -0.404 e. The maximum absolute atomic E-state index is 6.31. The highest BCUT2D eigenvalue weighted by molar-refractivity contribution is 6.47. The Morgan fingerprint density at radius 3 is 2.67 bits per heavy atom. The maximum Gasteiger partial charge on any atom is 0.475 e. The summed E-state index contributed by atoms with van der Waals surface area (Å²) in [5.74, 6) is 1.47. The highest BCUT2D eigenvalue weighted by Crippen LogP contribution is 2.65. The first-order chi connectivity index (χ1) is 8.39. The number of hydrogen-bond donors (Lipinski definition) is 1. The van der Waals surface area contributed by atoms with Crippen LogP contribution < -0.4 is 5.73 Å². The minimum absolute atomic E-state index is 0.0257. The van der Waals surface area contributed by atoms with Gasteiger partial charge in [0.05, 0.1) is 11.7 Å². The van der Waals surface area contributed by atoms with Crippen LogP contribution in [0, 0.1) is 17.3 Å². The van der Waals surface area contributed by atoms with Gasteiger partial charge in [0.25, 0.3) is 0 Å². The van der Waals surface area contributed by atoms with Gasteiger partial charge in [-0.2, -0.15) is 0 Å². The van der Waals surface area contributed by atoms with Gasteiger partial charge in [-0.1, -0.05) is 27.2 Å². The lowest BCUT2D eigenvalue weighted by molar-refractivity contribution is -0.199. The minimum atomic E-state index is -0.185. The van der Waals surface area contributed by atoms with Gasteiger partial charge in [-0.25, -0.2) is 0 Å². The molecule has 102 valence electrons. The van der Waals surface area contributed by atoms with Crippen molar-refractivity contribution in [3.63, 3.8) is 0 Å². The third-order valence-electron chi connectivity index (χ3n) is 5.94. The molecule has 5 atom stereocenters. The molecule has 4 fully saturated rings. The Bertz CT molecular complexity index is 349. The van der Waals surface area contributed by atoms with Crippen LogP contribution >= 0.6 is 0 Å². The fourth-order valence-corrected chi connectivity index (χ4v) is 4.55. The molecule has 0 spiro atoms. The van der Waals surface area contributed by atoms with E-state index < -0.39 is 0 Å². The van der Waals surface area contributed by atoms with Gasteiger partial charge in [0, 0.05) is 5.94 Å². The summed E-state index contributed by atoms with van der Waals surface area (Å²) in [4.78, 5) is 0. The lowest BCUT2D eigenvalue weighted by Gasteiger charge is -2.64. The molecule has 4 heteroatoms. The van der Waals surface area contributed by atoms with Gasteiger partial charge in [0.15, 0.2) is 0 Å². The Hall–Kier alpha value is -0.0551. The lowest BCUT2D eigenvalue weighted by Crippen LogP contribution is -2.65. The van der Waals surface area contributed by atoms with Gasteiger partial charge >= 0.3 is 7.12 Å². The number of hydrogen-bond acceptors (Lipinski definition) is 3. The fourth-order valence-electron chi connectivity index (χ4n) is 4.55. The van der Waals surface area contributed by atoms with Crippen molar-refractivity contribution >= 4 is 7.12 Å². The molecular formula is C14H26BNO2. The first-order valence-corrected chi connectivity index (χ1v) is 7.48. The second-order valence-electron chi connectivity index (χ2n) is 7.29. The predicted octanol–water partition coefficient (Wildman–Crippen LogP) is 2.38. The maximum atomic E-state index is 6.31. The molecule has 2 N–H and O–H groups in total. The lowest BCUT2D eigenvalue weighted by atomic mass is 9.43. The average Bonchev–Trinajstić information content (AvgIpc) is 2.65. The summed E-state index contributed by atoms with van der Waals surface area (Å²) in [5, 5.41) is 0. The zero-order valence-electron chi connectivity index (χ0n) is 12.1. The van der Waals surface area contributed by atoms with Gasteiger partial charge in [-0.3, -0.25) is 0 Å². The molecule has 2 bridgehead atoms. The summed E-state index contributed by atoms with van der Waals surface area (Å²) in [6.07, 6.45) is 4.78. The van der Waals surface area contributed by atoms with Crippen molar-refractivity contribution in [3.05, 3.63) is 0 Å². The second kappa shape index (κ2) is 3.97. The van der Waals surface area contributed by atoms with E-state index in [4.69, 9.17) is 15.0 Å². The monoisotopic (exact) mass is 251 g/mol. The molecule has 3 nitrogen and oxygen atoms in total. The second-order valence-corrected chi connectivity index (χ2v) is 7.29. The first-order valence-electron chi connectivity index (χ1n) is 7.48. The van der Waals surface area contributed by atoms with Crippen LogP contribution in [0.2, 0.25) is 0 Å². The van der Waals surface area contributed by atoms with Gasteiger partial charge < -0.3 is 15.0 Å². The Morgan fingerprint density at radius 1 is 1.33 bits per heavy atom. The van der Waals surface area contributed by atoms with Crippen LogP contribution in [0.3, 0.4) is 0 Å². The van der Waals surface area contributed by atoms with E-state index in [0.29, 0.717) is 11.3 Å². The summed E-state index contributed by atoms with van der Waals surface area (Å²) in [6.45, 7) is 9.17. The van der Waals surface area contributed by atoms with Crippen molar-refractivity contribution in [2.45, 2.75) is 71.0 Å². The standard InChI is InChI=1S/C14H26BNO2/c1-5-6-12(16)15-17-11-8-9-7-10(13(9,2)3)14(11,4)18-15/h9-12H,5-8,16H2,1-4H3/t9?,10?,11?,12?,14-/m0/s1. The van der Waals surface area contributed by atoms with Crippen molar-refractivity contribution < 1.29 is 9.31 Å². The molecule has 0 aromatic carbocycles. The van der Waals surface area contributed by atoms with Gasteiger partial charge in [-0.05, 0) is 43.4 Å². The molecule has 1 aliphatic heterocycles. The van der Waals surface area contributed by atoms with E-state index in [1.807, 2.05) is 0 Å². The Labute approximate surface area is 111 Å². The molecule has 0 radical (unpaired) electrons. The Morgan fingerprint density at radius 2 is 2.06 bits per heavy atom. The van der Waals surface area contributed by atoms with E-state index in [-0.39, 0.29) is 24.8 Å². The molecule has 4 rings (SSSR count). The summed E-state index contributed by atoms with van der Waals surface area (Å²) < 4.78 is 12.4. The van der Waals surface area contributed by atoms with Crippen molar-refractivity contribution in [2.24, 2.45) is 23.0 Å². The zero-order chi connectivity index (χ0) is 13.1. The third kappa shape index (κ3) is 1.55. The van der Waals surface area contributed by atoms with E-state index in [9.17, 15) is 0 Å². The van der Waals surface area contributed by atoms with Crippen LogP contribution in [0.5, 0.6) is 0 Å². The van der Waals surface area contributed by atoms with Crippen LogP contribution in [0.15, 0.2) is 0 Å². The van der Waals surface area contributed by atoms with E-state index in [1.54, 1.807) is 0 Å². The Kier molecular flexibility index (Phi) is 2.86. The quantitative estimate of drug-likeness (QED) is 0.783. The zero-order valence-corrected chi connectivity index (χ0v) is 12.1. The van der Waals surface area contributed by atoms with Crippen molar-refractivity contribution in [1.82, 2.24) is 0 Å². The van der Waals surface area contributed by atoms with Crippen LogP contribution in [0.25, 0.3) is 0 Å². The molecular weight excluding hydrogens is 225 g/mol. The molecule has 0 amide bonds. The van der Waals surface area contributed by atoms with Gasteiger partial charge in [0.2, 0.25) is 0 Å². The van der Waals surface area contributed by atoms with Crippen molar-refractivity contribution in [3.8, 4) is 0 Å². The summed E-state index contributed by atoms with van der Waals surface area (Å²) in [6, 6.07) is 0. The molecule has 1 saturated heterocycles. The number of nitrogens with two attached hydrogens (primary N) is 1. The summed E-state index contributed by atoms with van der Waals surface area (Å²) in [5.41, 5.74) is 6.49. The molecule has 3 aliphatic carbocycles. The summed E-state index contributed by atoms with van der Waals surface area (Å²) >= 11 is 0. The van der Waals surface area contributed by atoms with E-state index in [1.165, 1.54) is 6.42 Å². The molecule has 3 saturated carbocycles. The van der Waals surface area contributed by atoms with Crippen LogP contribution in [-0.2, 0) is 9.31 Å². The summed E-state index contributed by atoms with van der Waals surface area (Å²) in [7, 11) is -0.185. The highest BCUT2D eigenvalue weighted by atomic mass is 16.7. The van der Waals surface area contributed by atoms with Crippen molar-refractivity contribution in [2.75, 3.05) is 0 Å². The first kappa shape index (κ1) is 13.0. The predicted molar refractivity (Wildman–Crippen MR) is 73.0 cm³/mol. The van der Waals surface area contributed by atoms with Gasteiger partial charge in [-0.15, -0.1) is 0 Å². The van der Waals surface area contributed by atoms with Crippen LogP contribution in [-0.4, -0.2) is 24.8 Å². The van der Waals surface area contributed by atoms with E-state index >= 15 is 0 Å². The van der Waals surface area contributed by atoms with E-state index in [2.05, 4.69) is 27.7 Å². The molecule has 0 aromatic rings. The van der Waals surface area contributed by atoms with Gasteiger partial charge in [0.1, 0.15) is 0 Å². The highest BCUT2D eigenvalue weighted by Gasteiger charge is 2.68. The molecule has 18 heavy (non-hydrogen) atoms. The van der Waals surface area contributed by atoms with Crippen LogP contribution in [0.1, 0.15) is 53.4 Å². The third-order valence-corrected chi connectivity index (χ3v) is 5.94. The molecule has 0 aromatic heterocycles. The van der Waals surface area contributed by atoms with E-state index in [0.717, 1.165) is 25.2 Å².